The summed E-state index contributed by atoms with van der Waals surface area (Å²) in [7, 11) is -2.23. The van der Waals surface area contributed by atoms with Crippen LogP contribution in [0.15, 0.2) is 9.63 Å². The van der Waals surface area contributed by atoms with Crippen molar-refractivity contribution in [3.8, 4) is 0 Å². The van der Waals surface area contributed by atoms with Crippen molar-refractivity contribution in [1.82, 2.24) is 19.7 Å². The number of nitrogens with one attached hydrogen (secondary N) is 1. The monoisotopic (exact) mass is 338 g/mol. The number of aryl methyl sites for hydroxylation is 1. The van der Waals surface area contributed by atoms with Crippen molar-refractivity contribution in [2.24, 2.45) is 7.05 Å². The summed E-state index contributed by atoms with van der Waals surface area (Å²) in [5, 5.41) is 17.0. The number of hydrogen-bond acceptors (Lipinski definition) is 5. The maximum atomic E-state index is 12.2. The molecule has 0 bridgehead atoms. The third kappa shape index (κ3) is 2.73. The summed E-state index contributed by atoms with van der Waals surface area (Å²) < 4.78 is 28.3. The molecule has 2 unspecified atom stereocenters. The van der Waals surface area contributed by atoms with Crippen LogP contribution >= 0.6 is 15.9 Å². The van der Waals surface area contributed by atoms with Gasteiger partial charge in [-0.25, -0.2) is 17.8 Å². The van der Waals surface area contributed by atoms with Gasteiger partial charge < -0.3 is 5.11 Å². The molecule has 0 amide bonds. The zero-order valence-corrected chi connectivity index (χ0v) is 12.3. The molecule has 1 heterocycles. The van der Waals surface area contributed by atoms with Crippen molar-refractivity contribution >= 4 is 26.0 Å². The topological polar surface area (TPSA) is 97.1 Å². The molecule has 7 nitrogen and oxygen atoms in total. The van der Waals surface area contributed by atoms with Crippen LogP contribution in [0.2, 0.25) is 0 Å². The van der Waals surface area contributed by atoms with E-state index in [-0.39, 0.29) is 9.63 Å². The average Bonchev–Trinajstić information content (AvgIpc) is 2.62. The van der Waals surface area contributed by atoms with Crippen LogP contribution < -0.4 is 4.72 Å². The molecule has 0 spiro atoms. The first kappa shape index (κ1) is 13.9. The fourth-order valence-electron chi connectivity index (χ4n) is 2.11. The van der Waals surface area contributed by atoms with Gasteiger partial charge in [0.2, 0.25) is 5.03 Å². The zero-order chi connectivity index (χ0) is 13.3. The molecule has 0 aliphatic heterocycles. The van der Waals surface area contributed by atoms with E-state index in [1.165, 1.54) is 11.7 Å². The largest absolute Gasteiger partial charge is 0.391 e. The van der Waals surface area contributed by atoms with Crippen LogP contribution in [-0.2, 0) is 17.1 Å². The minimum absolute atomic E-state index is 0.0275. The maximum absolute atomic E-state index is 12.2. The summed E-state index contributed by atoms with van der Waals surface area (Å²) in [6.07, 6.45) is 2.47. The highest BCUT2D eigenvalue weighted by atomic mass is 79.9. The summed E-state index contributed by atoms with van der Waals surface area (Å²) in [6.45, 7) is 0. The Hall–Kier alpha value is -0.510. The lowest BCUT2D eigenvalue weighted by atomic mass is 9.93. The molecule has 0 saturated heterocycles. The van der Waals surface area contributed by atoms with E-state index in [9.17, 15) is 13.5 Å². The molecule has 9 heteroatoms. The lowest BCUT2D eigenvalue weighted by Crippen LogP contribution is -2.45. The van der Waals surface area contributed by atoms with E-state index in [0.717, 1.165) is 12.8 Å². The molecule has 2 N–H and O–H groups in total. The normalized spacial score (nSPS) is 25.3. The van der Waals surface area contributed by atoms with E-state index in [1.54, 1.807) is 0 Å². The third-order valence-corrected chi connectivity index (χ3v) is 5.40. The summed E-state index contributed by atoms with van der Waals surface area (Å²) >= 11 is 3.06. The molecule has 18 heavy (non-hydrogen) atoms. The van der Waals surface area contributed by atoms with E-state index >= 15 is 0 Å². The van der Waals surface area contributed by atoms with Crippen LogP contribution in [0.3, 0.4) is 0 Å². The Kier molecular flexibility index (Phi) is 4.05. The van der Waals surface area contributed by atoms with Gasteiger partial charge in [0.15, 0.2) is 4.60 Å². The minimum atomic E-state index is -3.73. The Morgan fingerprint density at radius 3 is 2.67 bits per heavy atom. The van der Waals surface area contributed by atoms with Gasteiger partial charge in [-0.1, -0.05) is 18.1 Å². The van der Waals surface area contributed by atoms with E-state index in [2.05, 4.69) is 31.0 Å². The summed E-state index contributed by atoms with van der Waals surface area (Å²) in [5.74, 6) is 0. The Labute approximate surface area is 114 Å². The van der Waals surface area contributed by atoms with Crippen LogP contribution in [0, 0.1) is 0 Å². The smallest absolute Gasteiger partial charge is 0.260 e. The molecule has 1 saturated carbocycles. The highest BCUT2D eigenvalue weighted by Gasteiger charge is 2.31. The number of halogens is 1. The van der Waals surface area contributed by atoms with Gasteiger partial charge >= 0.3 is 0 Å². The van der Waals surface area contributed by atoms with Crippen LogP contribution in [0.4, 0.5) is 0 Å². The fourth-order valence-corrected chi connectivity index (χ4v) is 4.51. The van der Waals surface area contributed by atoms with Crippen molar-refractivity contribution in [3.05, 3.63) is 4.60 Å². The average molecular weight is 339 g/mol. The Morgan fingerprint density at radius 1 is 1.44 bits per heavy atom. The van der Waals surface area contributed by atoms with E-state index in [4.69, 9.17) is 0 Å². The molecule has 1 aromatic heterocycles. The summed E-state index contributed by atoms with van der Waals surface area (Å²) in [4.78, 5) is 0. The van der Waals surface area contributed by atoms with Crippen LogP contribution in [0.5, 0.6) is 0 Å². The van der Waals surface area contributed by atoms with Gasteiger partial charge in [0.05, 0.1) is 6.10 Å². The van der Waals surface area contributed by atoms with Crippen LogP contribution in [-0.4, -0.2) is 40.7 Å². The van der Waals surface area contributed by atoms with E-state index in [0.29, 0.717) is 12.8 Å². The van der Waals surface area contributed by atoms with Gasteiger partial charge in [0, 0.05) is 13.1 Å². The predicted octanol–water partition coefficient (Wildman–Crippen LogP) is 0.159. The van der Waals surface area contributed by atoms with E-state index < -0.39 is 22.2 Å². The third-order valence-electron chi connectivity index (χ3n) is 3.03. The van der Waals surface area contributed by atoms with Crippen molar-refractivity contribution in [2.75, 3.05) is 0 Å². The number of aromatic nitrogens is 3. The van der Waals surface area contributed by atoms with Gasteiger partial charge in [-0.2, -0.15) is 0 Å². The Bertz CT molecular complexity index is 510. The quantitative estimate of drug-likeness (QED) is 0.818. The molecule has 102 valence electrons. The minimum Gasteiger partial charge on any atom is -0.391 e. The SMILES string of the molecule is Cn1nnc(Br)c1S(=O)(=O)NC1CCCCC1O. The van der Waals surface area contributed by atoms with Crippen LogP contribution in [0.1, 0.15) is 25.7 Å². The molecular weight excluding hydrogens is 324 g/mol. The lowest BCUT2D eigenvalue weighted by molar-refractivity contribution is 0.101. The number of rotatable bonds is 3. The summed E-state index contributed by atoms with van der Waals surface area (Å²) in [5.41, 5.74) is 0. The fraction of sp³-hybridized carbons (Fsp3) is 0.778. The molecular formula is C9H15BrN4O3S. The molecule has 1 aliphatic carbocycles. The van der Waals surface area contributed by atoms with Gasteiger partial charge in [-0.15, -0.1) is 5.10 Å². The standard InChI is InChI=1S/C9H15BrN4O3S/c1-14-9(8(10)11-13-14)18(16,17)12-6-4-2-3-5-7(6)15/h6-7,12,15H,2-5H2,1H3. The van der Waals surface area contributed by atoms with Crippen molar-refractivity contribution in [2.45, 2.75) is 42.9 Å². The first-order valence-electron chi connectivity index (χ1n) is 5.67. The van der Waals surface area contributed by atoms with Crippen molar-refractivity contribution < 1.29 is 13.5 Å². The van der Waals surface area contributed by atoms with Gasteiger partial charge in [-0.05, 0) is 28.8 Å². The number of nitrogens with zero attached hydrogens (tertiary/aromatic N) is 3. The lowest BCUT2D eigenvalue weighted by Gasteiger charge is -2.27. The van der Waals surface area contributed by atoms with Crippen molar-refractivity contribution in [1.29, 1.82) is 0 Å². The van der Waals surface area contributed by atoms with Crippen LogP contribution in [0.25, 0.3) is 0 Å². The Morgan fingerprint density at radius 2 is 2.11 bits per heavy atom. The number of sulfonamides is 1. The second-order valence-corrected chi connectivity index (χ2v) is 6.77. The highest BCUT2D eigenvalue weighted by Crippen LogP contribution is 2.22. The van der Waals surface area contributed by atoms with E-state index in [1.807, 2.05) is 0 Å². The van der Waals surface area contributed by atoms with Gasteiger partial charge in [-0.3, -0.25) is 0 Å². The predicted molar refractivity (Wildman–Crippen MR) is 67.3 cm³/mol. The second kappa shape index (κ2) is 5.24. The number of aliphatic hydroxyl groups excluding tert-OH is 1. The van der Waals surface area contributed by atoms with Gasteiger partial charge in [0.1, 0.15) is 0 Å². The first-order chi connectivity index (χ1) is 8.42. The summed E-state index contributed by atoms with van der Waals surface area (Å²) in [6, 6.07) is -0.439. The molecule has 2 atom stereocenters. The molecule has 1 aliphatic rings. The number of aliphatic hydroxyl groups is 1. The molecule has 1 fully saturated rings. The van der Waals surface area contributed by atoms with Crippen molar-refractivity contribution in [3.63, 3.8) is 0 Å². The van der Waals surface area contributed by atoms with Gasteiger partial charge in [0.25, 0.3) is 10.0 Å². The molecule has 1 aromatic rings. The Balaban J connectivity index is 2.22. The maximum Gasteiger partial charge on any atom is 0.260 e. The molecule has 2 rings (SSSR count). The first-order valence-corrected chi connectivity index (χ1v) is 7.95. The second-order valence-electron chi connectivity index (χ2n) is 4.39. The number of hydrogen-bond donors (Lipinski definition) is 2. The molecule has 0 aromatic carbocycles. The zero-order valence-electron chi connectivity index (χ0n) is 9.87. The highest BCUT2D eigenvalue weighted by molar-refractivity contribution is 9.10. The molecule has 0 radical (unpaired) electrons.